The number of anilines is 1. The summed E-state index contributed by atoms with van der Waals surface area (Å²) in [6, 6.07) is 17.4. The van der Waals surface area contributed by atoms with Gasteiger partial charge in [0.15, 0.2) is 0 Å². The molecule has 3 aromatic carbocycles. The summed E-state index contributed by atoms with van der Waals surface area (Å²) in [5.41, 5.74) is 2.16. The maximum absolute atomic E-state index is 12.8. The number of ether oxygens (including phenoxy) is 4. The Kier molecular flexibility index (Phi) is 4.66. The van der Waals surface area contributed by atoms with Crippen LogP contribution < -0.4 is 23.7 Å². The SMILES string of the molecule is COc1ccc2c(c1)OCC1c3cc(NS(=O)(=O)c4ccccc4)c(OC)cc3OC21. The lowest BCUT2D eigenvalue weighted by atomic mass is 9.89. The second kappa shape index (κ2) is 7.39. The number of fused-ring (bicyclic) bond motifs is 5. The van der Waals surface area contributed by atoms with Gasteiger partial charge in [-0.2, -0.15) is 0 Å². The smallest absolute Gasteiger partial charge is 0.262 e. The minimum absolute atomic E-state index is 0.0678. The van der Waals surface area contributed by atoms with Crippen LogP contribution in [0.5, 0.6) is 23.0 Å². The monoisotopic (exact) mass is 439 g/mol. The third-order valence-electron chi connectivity index (χ3n) is 5.59. The quantitative estimate of drug-likeness (QED) is 0.644. The zero-order valence-electron chi connectivity index (χ0n) is 17.0. The van der Waals surface area contributed by atoms with Crippen LogP contribution in [0, 0.1) is 0 Å². The fraction of sp³-hybridized carbons (Fsp3) is 0.217. The second-order valence-corrected chi connectivity index (χ2v) is 9.05. The largest absolute Gasteiger partial charge is 0.497 e. The lowest BCUT2D eigenvalue weighted by molar-refractivity contribution is 0.139. The van der Waals surface area contributed by atoms with Gasteiger partial charge in [0.25, 0.3) is 10.0 Å². The fourth-order valence-electron chi connectivity index (χ4n) is 4.04. The van der Waals surface area contributed by atoms with Crippen LogP contribution in [0.2, 0.25) is 0 Å². The molecule has 8 heteroatoms. The van der Waals surface area contributed by atoms with E-state index in [2.05, 4.69) is 4.72 Å². The van der Waals surface area contributed by atoms with E-state index in [-0.39, 0.29) is 16.9 Å². The number of sulfonamides is 1. The Morgan fingerprint density at radius 3 is 2.48 bits per heavy atom. The van der Waals surface area contributed by atoms with Gasteiger partial charge in [-0.1, -0.05) is 18.2 Å². The molecule has 0 aliphatic carbocycles. The lowest BCUT2D eigenvalue weighted by Crippen LogP contribution is -2.23. The maximum atomic E-state index is 12.8. The van der Waals surface area contributed by atoms with Crippen LogP contribution in [-0.2, 0) is 10.0 Å². The van der Waals surface area contributed by atoms with Crippen molar-refractivity contribution in [1.29, 1.82) is 0 Å². The summed E-state index contributed by atoms with van der Waals surface area (Å²) < 4.78 is 51.3. The highest BCUT2D eigenvalue weighted by Gasteiger charge is 2.41. The molecule has 3 aromatic rings. The van der Waals surface area contributed by atoms with Gasteiger partial charge in [0, 0.05) is 23.3 Å². The molecule has 2 aliphatic rings. The van der Waals surface area contributed by atoms with Crippen molar-refractivity contribution in [2.75, 3.05) is 25.5 Å². The highest BCUT2D eigenvalue weighted by molar-refractivity contribution is 7.92. The first-order valence-electron chi connectivity index (χ1n) is 9.77. The van der Waals surface area contributed by atoms with Gasteiger partial charge in [-0.25, -0.2) is 8.42 Å². The minimum atomic E-state index is -3.76. The number of benzene rings is 3. The highest BCUT2D eigenvalue weighted by atomic mass is 32.2. The number of methoxy groups -OCH3 is 2. The lowest BCUT2D eigenvalue weighted by Gasteiger charge is -2.28. The van der Waals surface area contributed by atoms with Crippen LogP contribution in [0.1, 0.15) is 23.1 Å². The predicted octanol–water partition coefficient (Wildman–Crippen LogP) is 4.11. The van der Waals surface area contributed by atoms with E-state index in [0.717, 1.165) is 16.9 Å². The summed E-state index contributed by atoms with van der Waals surface area (Å²) in [6.07, 6.45) is -0.227. The molecule has 2 aliphatic heterocycles. The van der Waals surface area contributed by atoms with Crippen molar-refractivity contribution in [3.8, 4) is 23.0 Å². The second-order valence-electron chi connectivity index (χ2n) is 7.37. The molecule has 1 N–H and O–H groups in total. The van der Waals surface area contributed by atoms with Gasteiger partial charge in [-0.05, 0) is 30.3 Å². The molecule has 0 amide bonds. The number of hydrogen-bond donors (Lipinski definition) is 1. The summed E-state index contributed by atoms with van der Waals surface area (Å²) in [4.78, 5) is 0.176. The van der Waals surface area contributed by atoms with Gasteiger partial charge < -0.3 is 18.9 Å². The Bertz CT molecular complexity index is 1240. The molecule has 0 fully saturated rings. The first-order chi connectivity index (χ1) is 15.0. The van der Waals surface area contributed by atoms with Gasteiger partial charge >= 0.3 is 0 Å². The van der Waals surface area contributed by atoms with E-state index < -0.39 is 10.0 Å². The molecule has 31 heavy (non-hydrogen) atoms. The van der Waals surface area contributed by atoms with E-state index in [1.54, 1.807) is 49.6 Å². The van der Waals surface area contributed by atoms with Crippen molar-refractivity contribution in [2.45, 2.75) is 16.9 Å². The van der Waals surface area contributed by atoms with E-state index in [4.69, 9.17) is 18.9 Å². The zero-order valence-corrected chi connectivity index (χ0v) is 17.8. The van der Waals surface area contributed by atoms with Gasteiger partial charge in [-0.15, -0.1) is 0 Å². The third-order valence-corrected chi connectivity index (χ3v) is 6.98. The van der Waals surface area contributed by atoms with Crippen LogP contribution >= 0.6 is 0 Å². The molecule has 2 atom stereocenters. The maximum Gasteiger partial charge on any atom is 0.262 e. The first-order valence-corrected chi connectivity index (χ1v) is 11.3. The number of nitrogens with one attached hydrogen (secondary N) is 1. The van der Waals surface area contributed by atoms with Gasteiger partial charge in [0.05, 0.1) is 37.3 Å². The Morgan fingerprint density at radius 1 is 0.935 bits per heavy atom. The van der Waals surface area contributed by atoms with Crippen LogP contribution in [0.15, 0.2) is 65.6 Å². The summed E-state index contributed by atoms with van der Waals surface area (Å²) in [7, 11) is -0.659. The zero-order chi connectivity index (χ0) is 21.6. The first kappa shape index (κ1) is 19.6. The Labute approximate surface area is 180 Å². The Hall–Kier alpha value is -3.39. The Morgan fingerprint density at radius 2 is 1.74 bits per heavy atom. The van der Waals surface area contributed by atoms with Crippen LogP contribution in [0.3, 0.4) is 0 Å². The number of rotatable bonds is 5. The summed E-state index contributed by atoms with van der Waals surface area (Å²) >= 11 is 0. The topological polar surface area (TPSA) is 83.1 Å². The molecule has 0 aromatic heterocycles. The third kappa shape index (κ3) is 3.33. The normalized spacial score (nSPS) is 18.6. The van der Waals surface area contributed by atoms with Gasteiger partial charge in [0.1, 0.15) is 29.1 Å². The molecule has 2 unspecified atom stereocenters. The predicted molar refractivity (Wildman–Crippen MR) is 115 cm³/mol. The molecule has 0 saturated heterocycles. The van der Waals surface area contributed by atoms with E-state index >= 15 is 0 Å². The van der Waals surface area contributed by atoms with Gasteiger partial charge in [0.2, 0.25) is 0 Å². The molecule has 160 valence electrons. The van der Waals surface area contributed by atoms with Gasteiger partial charge in [-0.3, -0.25) is 4.72 Å². The van der Waals surface area contributed by atoms with E-state index in [1.807, 2.05) is 18.2 Å². The number of hydrogen-bond acceptors (Lipinski definition) is 6. The summed E-state index contributed by atoms with van der Waals surface area (Å²) in [5, 5.41) is 0. The average molecular weight is 439 g/mol. The fourth-order valence-corrected chi connectivity index (χ4v) is 5.12. The van der Waals surface area contributed by atoms with Crippen LogP contribution in [-0.4, -0.2) is 29.2 Å². The molecule has 0 bridgehead atoms. The van der Waals surface area contributed by atoms with Crippen LogP contribution in [0.4, 0.5) is 5.69 Å². The molecule has 0 radical (unpaired) electrons. The van der Waals surface area contributed by atoms with Crippen LogP contribution in [0.25, 0.3) is 0 Å². The molecular formula is C23H21NO6S. The van der Waals surface area contributed by atoms with Crippen molar-refractivity contribution in [3.63, 3.8) is 0 Å². The van der Waals surface area contributed by atoms with E-state index in [9.17, 15) is 8.42 Å². The molecule has 0 spiro atoms. The van der Waals surface area contributed by atoms with Crippen molar-refractivity contribution >= 4 is 15.7 Å². The van der Waals surface area contributed by atoms with Crippen molar-refractivity contribution in [1.82, 2.24) is 0 Å². The molecule has 0 saturated carbocycles. The summed E-state index contributed by atoms with van der Waals surface area (Å²) in [5.74, 6) is 2.41. The standard InChI is InChI=1S/C23H21NO6S/c1-27-14-8-9-16-20(10-14)29-13-18-17-11-19(22(28-2)12-21(17)30-23(16)18)24-31(25,26)15-6-4-3-5-7-15/h3-12,18,23-24H,13H2,1-2H3. The van der Waals surface area contributed by atoms with Crippen molar-refractivity contribution < 1.29 is 27.4 Å². The van der Waals surface area contributed by atoms with Crippen molar-refractivity contribution in [3.05, 3.63) is 71.8 Å². The minimum Gasteiger partial charge on any atom is -0.497 e. The summed E-state index contributed by atoms with van der Waals surface area (Å²) in [6.45, 7) is 0.412. The highest BCUT2D eigenvalue weighted by Crippen LogP contribution is 2.53. The van der Waals surface area contributed by atoms with Crippen molar-refractivity contribution in [2.24, 2.45) is 0 Å². The van der Waals surface area contributed by atoms with E-state index in [1.165, 1.54) is 7.11 Å². The van der Waals surface area contributed by atoms with E-state index in [0.29, 0.717) is 29.5 Å². The molecular weight excluding hydrogens is 418 g/mol. The molecule has 7 nitrogen and oxygen atoms in total. The molecule has 2 heterocycles. The average Bonchev–Trinajstić information content (AvgIpc) is 3.16. The molecule has 5 rings (SSSR count). The Balaban J connectivity index is 1.51.